The summed E-state index contributed by atoms with van der Waals surface area (Å²) < 4.78 is 5.85. The summed E-state index contributed by atoms with van der Waals surface area (Å²) in [6.45, 7) is 1.30. The zero-order valence-corrected chi connectivity index (χ0v) is 13.2. The molecular weight excluding hydrogens is 304 g/mol. The molecule has 1 aliphatic heterocycles. The second-order valence-electron chi connectivity index (χ2n) is 5.95. The van der Waals surface area contributed by atoms with Crippen LogP contribution in [0.3, 0.4) is 0 Å². The van der Waals surface area contributed by atoms with Gasteiger partial charge in [-0.05, 0) is 25.0 Å². The molecule has 0 aliphatic carbocycles. The van der Waals surface area contributed by atoms with Crippen molar-refractivity contribution >= 4 is 16.8 Å². The van der Waals surface area contributed by atoms with Crippen molar-refractivity contribution in [2.24, 2.45) is 0 Å². The monoisotopic (exact) mass is 322 g/mol. The first-order chi connectivity index (χ1) is 11.8. The predicted molar refractivity (Wildman–Crippen MR) is 89.9 cm³/mol. The number of H-pyrrole nitrogens is 1. The first-order valence-corrected chi connectivity index (χ1v) is 8.09. The van der Waals surface area contributed by atoms with Crippen LogP contribution < -0.4 is 4.74 Å². The van der Waals surface area contributed by atoms with E-state index in [4.69, 9.17) is 4.74 Å². The van der Waals surface area contributed by atoms with Crippen LogP contribution in [0.25, 0.3) is 10.9 Å². The molecule has 0 bridgehead atoms. The highest BCUT2D eigenvalue weighted by Crippen LogP contribution is 2.20. The first-order valence-electron chi connectivity index (χ1n) is 8.09. The fourth-order valence-corrected chi connectivity index (χ4v) is 3.09. The lowest BCUT2D eigenvalue weighted by atomic mass is 10.1. The van der Waals surface area contributed by atoms with Crippen molar-refractivity contribution in [2.45, 2.75) is 18.9 Å². The molecule has 24 heavy (non-hydrogen) atoms. The second-order valence-corrected chi connectivity index (χ2v) is 5.95. The number of aromatic amines is 1. The number of aromatic nitrogens is 3. The summed E-state index contributed by atoms with van der Waals surface area (Å²) >= 11 is 0. The van der Waals surface area contributed by atoms with Crippen LogP contribution in [-0.4, -0.2) is 45.0 Å². The van der Waals surface area contributed by atoms with E-state index in [1.54, 1.807) is 18.6 Å². The van der Waals surface area contributed by atoms with Gasteiger partial charge in [-0.3, -0.25) is 9.78 Å². The first kappa shape index (κ1) is 14.7. The fourth-order valence-electron chi connectivity index (χ4n) is 3.09. The standard InChI is InChI=1S/C18H18N4O2/c23-18(16-10-13-4-1-2-6-15(13)21-16)22-9-3-5-14(12-22)24-17-11-19-7-8-20-17/h1-2,4,6-8,10-11,14,21H,3,5,9,12H2. The van der Waals surface area contributed by atoms with Crippen molar-refractivity contribution in [1.29, 1.82) is 0 Å². The highest BCUT2D eigenvalue weighted by Gasteiger charge is 2.26. The number of para-hydroxylation sites is 1. The van der Waals surface area contributed by atoms with Gasteiger partial charge in [-0.15, -0.1) is 0 Å². The van der Waals surface area contributed by atoms with E-state index in [0.29, 0.717) is 18.1 Å². The zero-order valence-electron chi connectivity index (χ0n) is 13.2. The van der Waals surface area contributed by atoms with Crippen molar-refractivity contribution < 1.29 is 9.53 Å². The maximum atomic E-state index is 12.8. The van der Waals surface area contributed by atoms with Crippen LogP contribution in [0.1, 0.15) is 23.3 Å². The number of amides is 1. The Hall–Kier alpha value is -2.89. The quantitative estimate of drug-likeness (QED) is 0.805. The van der Waals surface area contributed by atoms with Gasteiger partial charge in [0.25, 0.3) is 5.91 Å². The normalized spacial score (nSPS) is 17.8. The fraction of sp³-hybridized carbons (Fsp3) is 0.278. The number of piperidine rings is 1. The van der Waals surface area contributed by atoms with Gasteiger partial charge in [0.15, 0.2) is 0 Å². The minimum absolute atomic E-state index is 0.0126. The molecule has 3 aromatic rings. The molecule has 0 spiro atoms. The van der Waals surface area contributed by atoms with Crippen LogP contribution >= 0.6 is 0 Å². The molecule has 1 fully saturated rings. The highest BCUT2D eigenvalue weighted by atomic mass is 16.5. The molecule has 3 heterocycles. The van der Waals surface area contributed by atoms with Gasteiger partial charge in [-0.25, -0.2) is 4.98 Å². The summed E-state index contributed by atoms with van der Waals surface area (Å²) in [5.41, 5.74) is 1.60. The average Bonchev–Trinajstić information content (AvgIpc) is 3.06. The van der Waals surface area contributed by atoms with Gasteiger partial charge >= 0.3 is 0 Å². The molecule has 1 amide bonds. The van der Waals surface area contributed by atoms with Gasteiger partial charge in [0, 0.05) is 29.8 Å². The number of fused-ring (bicyclic) bond motifs is 1. The number of nitrogens with one attached hydrogen (secondary N) is 1. The van der Waals surface area contributed by atoms with Gasteiger partial charge in [-0.1, -0.05) is 18.2 Å². The van der Waals surface area contributed by atoms with Crippen LogP contribution in [0.5, 0.6) is 5.88 Å². The number of nitrogens with zero attached hydrogens (tertiary/aromatic N) is 3. The Morgan fingerprint density at radius 2 is 2.21 bits per heavy atom. The van der Waals surface area contributed by atoms with E-state index in [-0.39, 0.29) is 12.0 Å². The van der Waals surface area contributed by atoms with Crippen LogP contribution in [-0.2, 0) is 0 Å². The summed E-state index contributed by atoms with van der Waals surface area (Å²) in [6.07, 6.45) is 6.58. The summed E-state index contributed by atoms with van der Waals surface area (Å²) in [7, 11) is 0. The molecule has 1 N–H and O–H groups in total. The maximum absolute atomic E-state index is 12.8. The second kappa shape index (κ2) is 6.31. The van der Waals surface area contributed by atoms with Gasteiger partial charge in [0.1, 0.15) is 11.8 Å². The Morgan fingerprint density at radius 1 is 1.29 bits per heavy atom. The number of carbonyl (C=O) groups excluding carboxylic acids is 1. The van der Waals surface area contributed by atoms with Crippen LogP contribution in [0.4, 0.5) is 0 Å². The smallest absolute Gasteiger partial charge is 0.270 e. The Kier molecular flexibility index (Phi) is 3.86. The maximum Gasteiger partial charge on any atom is 0.270 e. The molecule has 1 aromatic carbocycles. The Morgan fingerprint density at radius 3 is 3.04 bits per heavy atom. The minimum Gasteiger partial charge on any atom is -0.471 e. The van der Waals surface area contributed by atoms with Crippen LogP contribution in [0.15, 0.2) is 48.9 Å². The largest absolute Gasteiger partial charge is 0.471 e. The number of hydrogen-bond acceptors (Lipinski definition) is 4. The molecule has 0 radical (unpaired) electrons. The molecule has 6 heteroatoms. The number of likely N-dealkylation sites (tertiary alicyclic amines) is 1. The van der Waals surface area contributed by atoms with Gasteiger partial charge < -0.3 is 14.6 Å². The number of rotatable bonds is 3. The summed E-state index contributed by atoms with van der Waals surface area (Å²) in [5.74, 6) is 0.515. The summed E-state index contributed by atoms with van der Waals surface area (Å²) in [4.78, 5) is 26.0. The van der Waals surface area contributed by atoms with Crippen LogP contribution in [0, 0.1) is 0 Å². The van der Waals surface area contributed by atoms with E-state index in [9.17, 15) is 4.79 Å². The molecule has 1 aliphatic rings. The minimum atomic E-state index is -0.0521. The van der Waals surface area contributed by atoms with E-state index in [1.165, 1.54) is 0 Å². The molecule has 1 atom stereocenters. The molecule has 4 rings (SSSR count). The van der Waals surface area contributed by atoms with E-state index in [0.717, 1.165) is 30.3 Å². The van der Waals surface area contributed by atoms with Crippen molar-refractivity contribution in [1.82, 2.24) is 19.9 Å². The van der Waals surface area contributed by atoms with Crippen LogP contribution in [0.2, 0.25) is 0 Å². The van der Waals surface area contributed by atoms with Crippen molar-refractivity contribution in [3.63, 3.8) is 0 Å². The van der Waals surface area contributed by atoms with Crippen molar-refractivity contribution in [2.75, 3.05) is 13.1 Å². The number of hydrogen-bond donors (Lipinski definition) is 1. The van der Waals surface area contributed by atoms with E-state index >= 15 is 0 Å². The lowest BCUT2D eigenvalue weighted by Gasteiger charge is -2.32. The predicted octanol–water partition coefficient (Wildman–Crippen LogP) is 2.64. The Balaban J connectivity index is 1.48. The van der Waals surface area contributed by atoms with Gasteiger partial charge in [0.05, 0.1) is 12.7 Å². The van der Waals surface area contributed by atoms with E-state index in [2.05, 4.69) is 15.0 Å². The molecule has 122 valence electrons. The zero-order chi connectivity index (χ0) is 16.4. The molecule has 6 nitrogen and oxygen atoms in total. The van der Waals surface area contributed by atoms with Gasteiger partial charge in [0.2, 0.25) is 5.88 Å². The van der Waals surface area contributed by atoms with E-state index < -0.39 is 0 Å². The van der Waals surface area contributed by atoms with Crippen molar-refractivity contribution in [3.8, 4) is 5.88 Å². The third-order valence-corrected chi connectivity index (χ3v) is 4.25. The third-order valence-electron chi connectivity index (χ3n) is 4.25. The lowest BCUT2D eigenvalue weighted by molar-refractivity contribution is 0.0522. The lowest BCUT2D eigenvalue weighted by Crippen LogP contribution is -2.44. The van der Waals surface area contributed by atoms with Gasteiger partial charge in [-0.2, -0.15) is 0 Å². The molecular formula is C18H18N4O2. The van der Waals surface area contributed by atoms with Crippen molar-refractivity contribution in [3.05, 3.63) is 54.6 Å². The average molecular weight is 322 g/mol. The van der Waals surface area contributed by atoms with E-state index in [1.807, 2.05) is 35.2 Å². The topological polar surface area (TPSA) is 71.1 Å². The molecule has 1 saturated heterocycles. The molecule has 0 saturated carbocycles. The number of carbonyl (C=O) groups is 1. The Bertz CT molecular complexity index is 813. The highest BCUT2D eigenvalue weighted by molar-refractivity contribution is 5.98. The third kappa shape index (κ3) is 2.95. The summed E-state index contributed by atoms with van der Waals surface area (Å²) in [6, 6.07) is 9.81. The Labute approximate surface area is 139 Å². The SMILES string of the molecule is O=C(c1cc2ccccc2[nH]1)N1CCCC(Oc2cnccn2)C1. The molecule has 2 aromatic heterocycles. The number of benzene rings is 1. The summed E-state index contributed by atoms with van der Waals surface area (Å²) in [5, 5.41) is 1.05. The molecule has 1 unspecified atom stereocenters. The number of ether oxygens (including phenoxy) is 1.